The van der Waals surface area contributed by atoms with Crippen LogP contribution in [0.4, 0.5) is 0 Å². The van der Waals surface area contributed by atoms with Gasteiger partial charge in [0.1, 0.15) is 6.73 Å². The Balaban J connectivity index is 0. The van der Waals surface area contributed by atoms with E-state index < -0.39 is 22.0 Å². The van der Waals surface area contributed by atoms with Gasteiger partial charge >= 0.3 is 5.97 Å². The van der Waals surface area contributed by atoms with Gasteiger partial charge in [-0.05, 0) is 19.4 Å². The number of hydrogen-bond acceptors (Lipinski definition) is 5. The molecule has 0 rings (SSSR count). The number of hydrogen-bond donors (Lipinski definition) is 2. The largest absolute Gasteiger partial charge is 0.478 e. The van der Waals surface area contributed by atoms with Gasteiger partial charge in [0.05, 0.1) is 5.75 Å². The van der Waals surface area contributed by atoms with E-state index in [-0.39, 0.29) is 18.1 Å². The highest BCUT2D eigenvalue weighted by molar-refractivity contribution is 7.86. The summed E-state index contributed by atoms with van der Waals surface area (Å²) in [6.45, 7) is 9.18. The third kappa shape index (κ3) is 14.3. The molecule has 19 heavy (non-hydrogen) atoms. The molecule has 0 atom stereocenters. The average Bonchev–Trinajstić information content (AvgIpc) is 2.29. The molecule has 110 valence electrons. The lowest BCUT2D eigenvalue weighted by Gasteiger charge is -2.03. The molecular formula is C11H19NO6S. The monoisotopic (exact) mass is 293 g/mol. The van der Waals surface area contributed by atoms with Gasteiger partial charge in [-0.25, -0.2) is 8.98 Å². The van der Waals surface area contributed by atoms with Gasteiger partial charge in [0.2, 0.25) is 5.91 Å². The molecular weight excluding hydrogens is 274 g/mol. The van der Waals surface area contributed by atoms with E-state index in [0.29, 0.717) is 6.42 Å². The number of carbonyl (C=O) groups is 2. The van der Waals surface area contributed by atoms with Crippen LogP contribution in [0.5, 0.6) is 0 Å². The van der Waals surface area contributed by atoms with Crippen LogP contribution in [-0.2, 0) is 23.9 Å². The Labute approximate surface area is 113 Å². The summed E-state index contributed by atoms with van der Waals surface area (Å²) in [5.74, 6) is -1.45. The van der Waals surface area contributed by atoms with E-state index in [9.17, 15) is 18.0 Å². The van der Waals surface area contributed by atoms with Gasteiger partial charge in [0.25, 0.3) is 10.1 Å². The van der Waals surface area contributed by atoms with Crippen LogP contribution < -0.4 is 5.32 Å². The van der Waals surface area contributed by atoms with Crippen molar-refractivity contribution in [3.05, 3.63) is 24.8 Å². The lowest BCUT2D eigenvalue weighted by molar-refractivity contribution is -0.132. The van der Waals surface area contributed by atoms with Gasteiger partial charge in [-0.15, -0.1) is 0 Å². The van der Waals surface area contributed by atoms with Crippen LogP contribution in [-0.4, -0.2) is 37.9 Å². The van der Waals surface area contributed by atoms with Crippen LogP contribution in [0.2, 0.25) is 0 Å². The van der Waals surface area contributed by atoms with Crippen molar-refractivity contribution in [3.63, 3.8) is 0 Å². The maximum atomic E-state index is 10.9. The number of carboxylic acids is 1. The molecule has 1 amide bonds. The molecule has 7 nitrogen and oxygen atoms in total. The molecule has 0 aliphatic heterocycles. The summed E-state index contributed by atoms with van der Waals surface area (Å²) in [4.78, 5) is 20.2. The lowest BCUT2D eigenvalue weighted by Crippen LogP contribution is -2.26. The Bertz CT molecular complexity index is 414. The second kappa shape index (κ2) is 10.3. The molecule has 0 radical (unpaired) electrons. The summed E-state index contributed by atoms with van der Waals surface area (Å²) in [6.07, 6.45) is 1.52. The molecule has 0 aliphatic rings. The second-order valence-corrected chi connectivity index (χ2v) is 5.11. The lowest BCUT2D eigenvalue weighted by atomic mass is 10.4. The zero-order chi connectivity index (χ0) is 15.5. The molecule has 0 aromatic carbocycles. The maximum absolute atomic E-state index is 10.9. The van der Waals surface area contributed by atoms with Crippen LogP contribution in [0.15, 0.2) is 24.8 Å². The van der Waals surface area contributed by atoms with E-state index in [4.69, 9.17) is 5.11 Å². The molecule has 0 bridgehead atoms. The number of carboxylic acid groups (broad SMARTS) is 1. The quantitative estimate of drug-likeness (QED) is 0.405. The Morgan fingerprint density at radius 1 is 1.42 bits per heavy atom. The molecule has 0 spiro atoms. The highest BCUT2D eigenvalue weighted by Gasteiger charge is 2.08. The SMILES string of the molecule is C=C(C)C(=O)O.C=CC(=O)NCOS(=O)(=O)CCC. The first kappa shape index (κ1) is 19.7. The normalized spacial score (nSPS) is 9.79. The Morgan fingerprint density at radius 3 is 2.21 bits per heavy atom. The predicted molar refractivity (Wildman–Crippen MR) is 70.8 cm³/mol. The van der Waals surface area contributed by atoms with Gasteiger partial charge in [-0.1, -0.05) is 20.1 Å². The van der Waals surface area contributed by atoms with Crippen LogP contribution in [0.25, 0.3) is 0 Å². The molecule has 0 saturated heterocycles. The highest BCUT2D eigenvalue weighted by atomic mass is 32.2. The summed E-state index contributed by atoms with van der Waals surface area (Å²) in [5, 5.41) is 10.1. The summed E-state index contributed by atoms with van der Waals surface area (Å²) < 4.78 is 26.2. The minimum Gasteiger partial charge on any atom is -0.478 e. The zero-order valence-corrected chi connectivity index (χ0v) is 11.8. The fraction of sp³-hybridized carbons (Fsp3) is 0.455. The van der Waals surface area contributed by atoms with Crippen molar-refractivity contribution in [2.75, 3.05) is 12.5 Å². The van der Waals surface area contributed by atoms with Crippen molar-refractivity contribution in [2.24, 2.45) is 0 Å². The van der Waals surface area contributed by atoms with Crippen molar-refractivity contribution in [1.29, 1.82) is 0 Å². The molecule has 0 aromatic heterocycles. The van der Waals surface area contributed by atoms with E-state index in [2.05, 4.69) is 22.7 Å². The smallest absolute Gasteiger partial charge is 0.330 e. The third-order valence-corrected chi connectivity index (χ3v) is 2.87. The minimum atomic E-state index is -3.48. The van der Waals surface area contributed by atoms with Crippen molar-refractivity contribution < 1.29 is 27.3 Å². The fourth-order valence-corrected chi connectivity index (χ4v) is 1.43. The van der Waals surface area contributed by atoms with E-state index >= 15 is 0 Å². The summed E-state index contributed by atoms with van der Waals surface area (Å²) in [6, 6.07) is 0. The second-order valence-electron chi connectivity index (χ2n) is 3.35. The first-order valence-corrected chi connectivity index (χ1v) is 6.90. The van der Waals surface area contributed by atoms with Gasteiger partial charge < -0.3 is 10.4 Å². The van der Waals surface area contributed by atoms with Crippen molar-refractivity contribution in [1.82, 2.24) is 5.32 Å². The molecule has 0 aliphatic carbocycles. The van der Waals surface area contributed by atoms with Crippen LogP contribution in [0, 0.1) is 0 Å². The van der Waals surface area contributed by atoms with Gasteiger partial charge in [-0.2, -0.15) is 8.42 Å². The Morgan fingerprint density at radius 2 is 1.89 bits per heavy atom. The summed E-state index contributed by atoms with van der Waals surface area (Å²) in [7, 11) is -3.48. The maximum Gasteiger partial charge on any atom is 0.330 e. The van der Waals surface area contributed by atoms with Crippen LogP contribution in [0.1, 0.15) is 20.3 Å². The topological polar surface area (TPSA) is 110 Å². The zero-order valence-electron chi connectivity index (χ0n) is 11.0. The fourth-order valence-electron chi connectivity index (χ4n) is 0.571. The molecule has 0 fully saturated rings. The highest BCUT2D eigenvalue weighted by Crippen LogP contribution is 1.93. The van der Waals surface area contributed by atoms with E-state index in [1.807, 2.05) is 0 Å². The Hall–Kier alpha value is -1.67. The van der Waals surface area contributed by atoms with Crippen LogP contribution >= 0.6 is 0 Å². The molecule has 0 unspecified atom stereocenters. The van der Waals surface area contributed by atoms with Crippen molar-refractivity contribution in [3.8, 4) is 0 Å². The first-order valence-electron chi connectivity index (χ1n) is 5.32. The van der Waals surface area contributed by atoms with E-state index in [1.165, 1.54) is 6.92 Å². The van der Waals surface area contributed by atoms with Gasteiger partial charge in [0, 0.05) is 5.57 Å². The third-order valence-electron chi connectivity index (χ3n) is 1.49. The number of rotatable bonds is 7. The molecule has 0 heterocycles. The molecule has 2 N–H and O–H groups in total. The summed E-state index contributed by atoms with van der Waals surface area (Å²) in [5.41, 5.74) is 0.176. The molecule has 0 saturated carbocycles. The molecule has 0 aromatic rings. The number of aliphatic carboxylic acids is 1. The number of nitrogens with one attached hydrogen (secondary N) is 1. The molecule has 8 heteroatoms. The van der Waals surface area contributed by atoms with Gasteiger partial charge in [-0.3, -0.25) is 4.79 Å². The van der Waals surface area contributed by atoms with E-state index in [1.54, 1.807) is 6.92 Å². The van der Waals surface area contributed by atoms with Crippen LogP contribution in [0.3, 0.4) is 0 Å². The standard InChI is InChI=1S/C7H13NO4S.C4H6O2/c1-3-5-13(10,11)12-6-8-7(9)4-2;1-3(2)4(5)6/h4H,2-3,5-6H2,1H3,(H,8,9);1H2,2H3,(H,5,6). The summed E-state index contributed by atoms with van der Waals surface area (Å²) >= 11 is 0. The number of amides is 1. The van der Waals surface area contributed by atoms with Gasteiger partial charge in [0.15, 0.2) is 0 Å². The Kier molecular flexibility index (Phi) is 10.6. The van der Waals surface area contributed by atoms with Crippen molar-refractivity contribution >= 4 is 22.0 Å². The number of carbonyl (C=O) groups excluding carboxylic acids is 1. The predicted octanol–water partition coefficient (Wildman–Crippen LogP) is 0.650. The minimum absolute atomic E-state index is 0.0447. The first-order chi connectivity index (χ1) is 8.66. The van der Waals surface area contributed by atoms with E-state index in [0.717, 1.165) is 6.08 Å². The average molecular weight is 293 g/mol. The van der Waals surface area contributed by atoms with Crippen molar-refractivity contribution in [2.45, 2.75) is 20.3 Å².